The smallest absolute Gasteiger partial charge is 0.265 e. The van der Waals surface area contributed by atoms with Crippen molar-refractivity contribution in [3.63, 3.8) is 0 Å². The van der Waals surface area contributed by atoms with E-state index in [1.54, 1.807) is 24.4 Å². The van der Waals surface area contributed by atoms with E-state index in [-0.39, 0.29) is 11.7 Å². The molecule has 25 heavy (non-hydrogen) atoms. The molecule has 5 nitrogen and oxygen atoms in total. The lowest BCUT2D eigenvalue weighted by Crippen LogP contribution is -2.49. The molecule has 1 aromatic carbocycles. The predicted molar refractivity (Wildman–Crippen MR) is 96.3 cm³/mol. The molecule has 1 aromatic heterocycles. The van der Waals surface area contributed by atoms with Crippen LogP contribution in [-0.2, 0) is 0 Å². The van der Waals surface area contributed by atoms with Crippen LogP contribution in [0, 0.1) is 5.82 Å². The highest BCUT2D eigenvalue weighted by atomic mass is 32.1. The quantitative estimate of drug-likeness (QED) is 0.910. The minimum absolute atomic E-state index is 0.0118. The van der Waals surface area contributed by atoms with Crippen LogP contribution < -0.4 is 5.32 Å². The van der Waals surface area contributed by atoms with Crippen LogP contribution in [0.15, 0.2) is 30.5 Å². The number of nitrogens with one attached hydrogen (secondary N) is 1. The van der Waals surface area contributed by atoms with E-state index in [2.05, 4.69) is 15.2 Å². The summed E-state index contributed by atoms with van der Waals surface area (Å²) >= 11 is 1.27. The van der Waals surface area contributed by atoms with Crippen molar-refractivity contribution < 1.29 is 9.18 Å². The molecule has 0 saturated carbocycles. The number of amides is 1. The molecule has 0 spiro atoms. The van der Waals surface area contributed by atoms with Gasteiger partial charge in [-0.2, -0.15) is 0 Å². The average molecular weight is 360 g/mol. The Hall–Kier alpha value is -1.83. The van der Waals surface area contributed by atoms with E-state index in [0.29, 0.717) is 21.5 Å². The molecule has 2 aromatic rings. The van der Waals surface area contributed by atoms with E-state index in [1.807, 2.05) is 4.90 Å². The molecule has 0 radical (unpaired) electrons. The number of rotatable bonds is 3. The standard InChI is InChI=1S/C18H21FN4OS/c19-15-4-2-1-3-14(15)17-21-11-16(25-17)18(24)23-8-5-13(12-23)22-9-6-20-7-10-22/h1-4,11,13,20H,5-10,12H2. The topological polar surface area (TPSA) is 48.5 Å². The molecule has 1 N–H and O–H groups in total. The van der Waals surface area contributed by atoms with Crippen LogP contribution in [0.5, 0.6) is 0 Å². The average Bonchev–Trinajstić information content (AvgIpc) is 3.32. The highest BCUT2D eigenvalue weighted by Crippen LogP contribution is 2.29. The molecular weight excluding hydrogens is 339 g/mol. The van der Waals surface area contributed by atoms with Gasteiger partial charge in [0.05, 0.1) is 6.20 Å². The number of hydrogen-bond donors (Lipinski definition) is 1. The minimum Gasteiger partial charge on any atom is -0.336 e. The van der Waals surface area contributed by atoms with E-state index >= 15 is 0 Å². The van der Waals surface area contributed by atoms with Crippen LogP contribution in [-0.4, -0.2) is 66.0 Å². The first-order valence-corrected chi connectivity index (χ1v) is 9.49. The van der Waals surface area contributed by atoms with Crippen molar-refractivity contribution in [2.75, 3.05) is 39.3 Å². The van der Waals surface area contributed by atoms with Gasteiger partial charge in [0.1, 0.15) is 15.7 Å². The highest BCUT2D eigenvalue weighted by molar-refractivity contribution is 7.16. The molecular formula is C18H21FN4OS. The number of halogens is 1. The molecule has 3 heterocycles. The van der Waals surface area contributed by atoms with Gasteiger partial charge in [0.2, 0.25) is 0 Å². The van der Waals surface area contributed by atoms with Crippen LogP contribution in [0.25, 0.3) is 10.6 Å². The lowest BCUT2D eigenvalue weighted by molar-refractivity contribution is 0.0778. The third kappa shape index (κ3) is 3.44. The third-order valence-corrected chi connectivity index (χ3v) is 5.96. The molecule has 4 rings (SSSR count). The zero-order chi connectivity index (χ0) is 17.2. The summed E-state index contributed by atoms with van der Waals surface area (Å²) < 4.78 is 13.9. The normalized spacial score (nSPS) is 21.6. The van der Waals surface area contributed by atoms with Crippen molar-refractivity contribution in [1.29, 1.82) is 0 Å². The van der Waals surface area contributed by atoms with Crippen molar-refractivity contribution in [3.8, 4) is 10.6 Å². The fraction of sp³-hybridized carbons (Fsp3) is 0.444. The summed E-state index contributed by atoms with van der Waals surface area (Å²) in [5.41, 5.74) is 0.451. The summed E-state index contributed by atoms with van der Waals surface area (Å²) in [5.74, 6) is -0.298. The van der Waals surface area contributed by atoms with Crippen LogP contribution >= 0.6 is 11.3 Å². The first kappa shape index (κ1) is 16.6. The fourth-order valence-corrected chi connectivity index (χ4v) is 4.47. The Morgan fingerprint density at radius 2 is 2.04 bits per heavy atom. The van der Waals surface area contributed by atoms with Gasteiger partial charge in [-0.1, -0.05) is 12.1 Å². The molecule has 0 bridgehead atoms. The van der Waals surface area contributed by atoms with Crippen molar-refractivity contribution in [1.82, 2.24) is 20.1 Å². The monoisotopic (exact) mass is 360 g/mol. The molecule has 0 aliphatic carbocycles. The summed E-state index contributed by atoms with van der Waals surface area (Å²) in [7, 11) is 0. The summed E-state index contributed by atoms with van der Waals surface area (Å²) in [6.07, 6.45) is 2.59. The maximum atomic E-state index is 13.9. The van der Waals surface area contributed by atoms with Crippen molar-refractivity contribution in [2.24, 2.45) is 0 Å². The maximum Gasteiger partial charge on any atom is 0.265 e. The Bertz CT molecular complexity index is 759. The summed E-state index contributed by atoms with van der Waals surface area (Å²) in [5, 5.41) is 3.92. The largest absolute Gasteiger partial charge is 0.336 e. The maximum absolute atomic E-state index is 13.9. The highest BCUT2D eigenvalue weighted by Gasteiger charge is 2.32. The van der Waals surface area contributed by atoms with Gasteiger partial charge in [0.25, 0.3) is 5.91 Å². The Morgan fingerprint density at radius 3 is 2.84 bits per heavy atom. The first-order chi connectivity index (χ1) is 12.2. The molecule has 2 aliphatic rings. The number of benzene rings is 1. The summed E-state index contributed by atoms with van der Waals surface area (Å²) in [6, 6.07) is 6.99. The van der Waals surface area contributed by atoms with E-state index in [4.69, 9.17) is 0 Å². The number of piperazine rings is 1. The number of aromatic nitrogens is 1. The molecule has 2 aliphatic heterocycles. The van der Waals surface area contributed by atoms with Crippen LogP contribution in [0.3, 0.4) is 0 Å². The van der Waals surface area contributed by atoms with E-state index in [9.17, 15) is 9.18 Å². The van der Waals surface area contributed by atoms with Gasteiger partial charge in [-0.3, -0.25) is 9.69 Å². The van der Waals surface area contributed by atoms with Gasteiger partial charge in [0.15, 0.2) is 0 Å². The third-order valence-electron chi connectivity index (χ3n) is 4.94. The molecule has 2 saturated heterocycles. The van der Waals surface area contributed by atoms with Crippen LogP contribution in [0.1, 0.15) is 16.1 Å². The lowest BCUT2D eigenvalue weighted by atomic mass is 10.2. The molecule has 1 unspecified atom stereocenters. The Balaban J connectivity index is 1.44. The number of nitrogens with zero attached hydrogens (tertiary/aromatic N) is 3. The van der Waals surface area contributed by atoms with Gasteiger partial charge in [0, 0.05) is 50.9 Å². The molecule has 1 amide bonds. The molecule has 132 valence electrons. The first-order valence-electron chi connectivity index (χ1n) is 8.67. The van der Waals surface area contributed by atoms with Gasteiger partial charge in [-0.25, -0.2) is 9.37 Å². The lowest BCUT2D eigenvalue weighted by Gasteiger charge is -2.32. The minimum atomic E-state index is -0.309. The summed E-state index contributed by atoms with van der Waals surface area (Å²) in [4.78, 5) is 22.0. The van der Waals surface area contributed by atoms with E-state index < -0.39 is 0 Å². The van der Waals surface area contributed by atoms with Gasteiger partial charge in [-0.05, 0) is 18.6 Å². The second kappa shape index (κ2) is 7.19. The second-order valence-corrected chi connectivity index (χ2v) is 7.52. The van der Waals surface area contributed by atoms with Gasteiger partial charge < -0.3 is 10.2 Å². The molecule has 2 fully saturated rings. The Labute approximate surface area is 150 Å². The Morgan fingerprint density at radius 1 is 1.24 bits per heavy atom. The summed E-state index contributed by atoms with van der Waals surface area (Å²) in [6.45, 7) is 5.68. The number of likely N-dealkylation sites (tertiary alicyclic amines) is 1. The number of carbonyl (C=O) groups is 1. The predicted octanol–water partition coefficient (Wildman–Crippen LogP) is 2.07. The Kier molecular flexibility index (Phi) is 4.78. The SMILES string of the molecule is O=C(c1cnc(-c2ccccc2F)s1)N1CCC(N2CCNCC2)C1. The van der Waals surface area contributed by atoms with Crippen molar-refractivity contribution >= 4 is 17.2 Å². The molecule has 7 heteroatoms. The zero-order valence-corrected chi connectivity index (χ0v) is 14.8. The molecule has 1 atom stereocenters. The van der Waals surface area contributed by atoms with Gasteiger partial charge >= 0.3 is 0 Å². The van der Waals surface area contributed by atoms with Crippen LogP contribution in [0.2, 0.25) is 0 Å². The zero-order valence-electron chi connectivity index (χ0n) is 13.9. The number of carbonyl (C=O) groups excluding carboxylic acids is 1. The number of thiazole rings is 1. The van der Waals surface area contributed by atoms with Crippen LogP contribution in [0.4, 0.5) is 4.39 Å². The van der Waals surface area contributed by atoms with Crippen molar-refractivity contribution in [2.45, 2.75) is 12.5 Å². The van der Waals surface area contributed by atoms with Gasteiger partial charge in [-0.15, -0.1) is 11.3 Å². The van der Waals surface area contributed by atoms with E-state index in [0.717, 1.165) is 45.7 Å². The number of hydrogen-bond acceptors (Lipinski definition) is 5. The van der Waals surface area contributed by atoms with E-state index in [1.165, 1.54) is 17.4 Å². The fourth-order valence-electron chi connectivity index (χ4n) is 3.56. The van der Waals surface area contributed by atoms with Crippen molar-refractivity contribution in [3.05, 3.63) is 41.2 Å². The second-order valence-electron chi connectivity index (χ2n) is 6.49.